The topological polar surface area (TPSA) is 35.5 Å². The summed E-state index contributed by atoms with van der Waals surface area (Å²) in [6.07, 6.45) is 9.50. The van der Waals surface area contributed by atoms with Crippen molar-refractivity contribution in [1.29, 1.82) is 0 Å². The summed E-state index contributed by atoms with van der Waals surface area (Å²) in [6.45, 7) is 6.97. The van der Waals surface area contributed by atoms with Gasteiger partial charge < -0.3 is 9.47 Å². The zero-order valence-electron chi connectivity index (χ0n) is 24.1. The molecule has 0 aromatic heterocycles. The molecule has 208 valence electrons. The van der Waals surface area contributed by atoms with E-state index in [0.29, 0.717) is 12.2 Å². The summed E-state index contributed by atoms with van der Waals surface area (Å²) < 4.78 is 26.6. The molecule has 6 rings (SSSR count). The summed E-state index contributed by atoms with van der Waals surface area (Å²) in [5.74, 6) is 0.474. The molecule has 40 heavy (non-hydrogen) atoms. The smallest absolute Gasteiger partial charge is 0.309 e. The van der Waals surface area contributed by atoms with Crippen LogP contribution in [0.15, 0.2) is 60.7 Å². The lowest BCUT2D eigenvalue weighted by molar-refractivity contribution is -0.153. The minimum atomic E-state index is -0.198. The number of esters is 1. The Kier molecular flexibility index (Phi) is 6.84. The zero-order valence-corrected chi connectivity index (χ0v) is 24.1. The number of methoxy groups -OCH3 is 1. The molecule has 4 heteroatoms. The second-order valence-corrected chi connectivity index (χ2v) is 12.6. The van der Waals surface area contributed by atoms with Gasteiger partial charge in [0.15, 0.2) is 0 Å². The highest BCUT2D eigenvalue weighted by Crippen LogP contribution is 2.56. The first kappa shape index (κ1) is 26.8. The van der Waals surface area contributed by atoms with Crippen LogP contribution in [0.5, 0.6) is 5.75 Å². The lowest BCUT2D eigenvalue weighted by Gasteiger charge is -2.51. The zero-order chi connectivity index (χ0) is 28.1. The molecule has 0 heterocycles. The van der Waals surface area contributed by atoms with Gasteiger partial charge in [0.1, 0.15) is 18.2 Å². The quantitative estimate of drug-likeness (QED) is 0.294. The van der Waals surface area contributed by atoms with Gasteiger partial charge in [-0.25, -0.2) is 4.39 Å². The highest BCUT2D eigenvalue weighted by molar-refractivity contribution is 5.85. The Bertz CT molecular complexity index is 1500. The third-order valence-corrected chi connectivity index (χ3v) is 9.76. The second kappa shape index (κ2) is 10.2. The Labute approximate surface area is 237 Å². The molecule has 3 aliphatic rings. The van der Waals surface area contributed by atoms with Gasteiger partial charge in [-0.15, -0.1) is 0 Å². The summed E-state index contributed by atoms with van der Waals surface area (Å²) in [6, 6.07) is 18.0. The van der Waals surface area contributed by atoms with Gasteiger partial charge in [0.2, 0.25) is 0 Å². The number of hydrogen-bond donors (Lipinski definition) is 0. The minimum Gasteiger partial charge on any atom is -0.489 e. The van der Waals surface area contributed by atoms with Crippen molar-refractivity contribution in [3.8, 4) is 16.9 Å². The molecule has 0 amide bonds. The molecule has 3 aromatic carbocycles. The first-order valence-electron chi connectivity index (χ1n) is 14.7. The standard InChI is InChI=1S/C36H39FO3/c1-23-9-14-33(37)29(19-23)27-13-10-24(20-28(27)30-8-6-16-35(30,2)3)22-40-26-12-11-25-7-5-17-36(32(25)21-26)18-15-31(36)34(38)39-4/h8-14,19-21,31H,5-7,15-18,22H2,1-4H3/t31?,36-/m0/s1. The van der Waals surface area contributed by atoms with E-state index in [1.165, 1.54) is 23.8 Å². The van der Waals surface area contributed by atoms with Crippen LogP contribution < -0.4 is 4.74 Å². The average Bonchev–Trinajstić information content (AvgIpc) is 3.30. The SMILES string of the molecule is COC(=O)C1CC[C@@]12CCCc1ccc(OCc3ccc(-c4cc(C)ccc4F)c(C4=CCCC4(C)C)c3)cc12. The molecular weight excluding hydrogens is 499 g/mol. The highest BCUT2D eigenvalue weighted by atomic mass is 19.1. The predicted octanol–water partition coefficient (Wildman–Crippen LogP) is 8.74. The maximum atomic E-state index is 15.0. The number of carbonyl (C=O) groups excluding carboxylic acids is 1. The molecule has 0 N–H and O–H groups in total. The summed E-state index contributed by atoms with van der Waals surface area (Å²) in [5, 5.41) is 0. The number of fused-ring (bicyclic) bond motifs is 2. The largest absolute Gasteiger partial charge is 0.489 e. The van der Waals surface area contributed by atoms with Crippen LogP contribution in [0.1, 0.15) is 80.2 Å². The molecule has 3 nitrogen and oxygen atoms in total. The Morgan fingerprint density at radius 3 is 2.55 bits per heavy atom. The highest BCUT2D eigenvalue weighted by Gasteiger charge is 2.53. The van der Waals surface area contributed by atoms with Gasteiger partial charge in [-0.1, -0.05) is 49.8 Å². The maximum Gasteiger partial charge on any atom is 0.309 e. The fourth-order valence-electron chi connectivity index (χ4n) is 7.41. The molecule has 0 aliphatic heterocycles. The Hall–Kier alpha value is -3.40. The Morgan fingerprint density at radius 2 is 1.82 bits per heavy atom. The van der Waals surface area contributed by atoms with Crippen LogP contribution in [-0.4, -0.2) is 13.1 Å². The number of hydrogen-bond acceptors (Lipinski definition) is 3. The number of ether oxygens (including phenoxy) is 2. The number of allylic oxidation sites excluding steroid dienone is 2. The van der Waals surface area contributed by atoms with Crippen molar-refractivity contribution in [1.82, 2.24) is 0 Å². The molecule has 1 saturated carbocycles. The molecule has 3 aliphatic carbocycles. The van der Waals surface area contributed by atoms with Gasteiger partial charge in [-0.05, 0) is 121 Å². The summed E-state index contributed by atoms with van der Waals surface area (Å²) in [7, 11) is 1.49. The molecule has 1 unspecified atom stereocenters. The van der Waals surface area contributed by atoms with Crippen LogP contribution in [0.3, 0.4) is 0 Å². The second-order valence-electron chi connectivity index (χ2n) is 12.6. The van der Waals surface area contributed by atoms with E-state index in [1.807, 2.05) is 19.1 Å². The van der Waals surface area contributed by atoms with Crippen LogP contribution in [-0.2, 0) is 28.0 Å². The van der Waals surface area contributed by atoms with E-state index in [2.05, 4.69) is 56.3 Å². The fraction of sp³-hybridized carbons (Fsp3) is 0.417. The van der Waals surface area contributed by atoms with E-state index in [-0.39, 0.29) is 28.5 Å². The molecule has 1 fully saturated rings. The van der Waals surface area contributed by atoms with E-state index < -0.39 is 0 Å². The van der Waals surface area contributed by atoms with Crippen molar-refractivity contribution in [2.75, 3.05) is 7.11 Å². The maximum absolute atomic E-state index is 15.0. The number of benzene rings is 3. The normalized spacial score (nSPS) is 22.8. The first-order chi connectivity index (χ1) is 19.2. The third kappa shape index (κ3) is 4.56. The van der Waals surface area contributed by atoms with Crippen molar-refractivity contribution >= 4 is 11.5 Å². The van der Waals surface area contributed by atoms with Gasteiger partial charge >= 0.3 is 5.97 Å². The van der Waals surface area contributed by atoms with E-state index in [0.717, 1.165) is 72.9 Å². The Balaban J connectivity index is 1.31. The lowest BCUT2D eigenvalue weighted by atomic mass is 9.52. The molecule has 0 saturated heterocycles. The van der Waals surface area contributed by atoms with Crippen molar-refractivity contribution in [3.63, 3.8) is 0 Å². The van der Waals surface area contributed by atoms with Crippen molar-refractivity contribution in [3.05, 3.63) is 94.3 Å². The van der Waals surface area contributed by atoms with Crippen molar-refractivity contribution in [2.24, 2.45) is 11.3 Å². The van der Waals surface area contributed by atoms with Gasteiger partial charge in [0, 0.05) is 11.0 Å². The van der Waals surface area contributed by atoms with Crippen LogP contribution >= 0.6 is 0 Å². The number of carbonyl (C=O) groups is 1. The van der Waals surface area contributed by atoms with Crippen molar-refractivity contribution in [2.45, 2.75) is 77.7 Å². The Morgan fingerprint density at radius 1 is 0.975 bits per heavy atom. The lowest BCUT2D eigenvalue weighted by Crippen LogP contribution is -2.50. The molecular formula is C36H39FO3. The first-order valence-corrected chi connectivity index (χ1v) is 14.7. The van der Waals surface area contributed by atoms with E-state index in [9.17, 15) is 4.79 Å². The number of halogens is 1. The van der Waals surface area contributed by atoms with E-state index in [4.69, 9.17) is 9.47 Å². The summed E-state index contributed by atoms with van der Waals surface area (Å²) in [4.78, 5) is 12.5. The van der Waals surface area contributed by atoms with Gasteiger partial charge in [-0.3, -0.25) is 4.79 Å². The number of rotatable bonds is 6. The molecule has 2 atom stereocenters. The van der Waals surface area contributed by atoms with Gasteiger partial charge in [0.05, 0.1) is 13.0 Å². The minimum absolute atomic E-state index is 0.0281. The van der Waals surface area contributed by atoms with Crippen molar-refractivity contribution < 1.29 is 18.7 Å². The molecule has 0 radical (unpaired) electrons. The summed E-state index contributed by atoms with van der Waals surface area (Å²) in [5.41, 5.74) is 8.55. The predicted molar refractivity (Wildman–Crippen MR) is 158 cm³/mol. The third-order valence-electron chi connectivity index (χ3n) is 9.76. The van der Waals surface area contributed by atoms with Crippen LogP contribution in [0.25, 0.3) is 16.7 Å². The fourth-order valence-corrected chi connectivity index (χ4v) is 7.41. The van der Waals surface area contributed by atoms with Gasteiger partial charge in [-0.2, -0.15) is 0 Å². The van der Waals surface area contributed by atoms with Crippen LogP contribution in [0.2, 0.25) is 0 Å². The number of aryl methyl sites for hydroxylation is 2. The van der Waals surface area contributed by atoms with Crippen LogP contribution in [0.4, 0.5) is 4.39 Å². The van der Waals surface area contributed by atoms with E-state index >= 15 is 4.39 Å². The summed E-state index contributed by atoms with van der Waals surface area (Å²) >= 11 is 0. The van der Waals surface area contributed by atoms with Crippen LogP contribution in [0, 0.1) is 24.1 Å². The van der Waals surface area contributed by atoms with E-state index in [1.54, 1.807) is 6.07 Å². The average molecular weight is 539 g/mol. The van der Waals surface area contributed by atoms with Gasteiger partial charge in [0.25, 0.3) is 0 Å². The monoisotopic (exact) mass is 538 g/mol. The molecule has 3 aromatic rings. The molecule has 1 spiro atoms. The molecule has 0 bridgehead atoms.